The summed E-state index contributed by atoms with van der Waals surface area (Å²) in [5.41, 5.74) is 2.48. The molecule has 2 atom stereocenters. The molecule has 26 heavy (non-hydrogen) atoms. The van der Waals surface area contributed by atoms with E-state index in [1.165, 1.54) is 21.9 Å². The van der Waals surface area contributed by atoms with Crippen LogP contribution < -0.4 is 5.32 Å². The standard InChI is InChI=1S/C21H17ClN4/c22-16-10-8-15(9-11-16)19-12-20(26-21(25-19)23-13-24-26)18-7-3-5-14-4-1-2-6-17(14)18/h1-11,13,19-20H,12H2,(H,23,24,25)/t19-,20+/m0/s1. The van der Waals surface area contributed by atoms with Crippen molar-refractivity contribution >= 4 is 28.3 Å². The lowest BCUT2D eigenvalue weighted by Crippen LogP contribution is -2.28. The van der Waals surface area contributed by atoms with Gasteiger partial charge in [0.25, 0.3) is 0 Å². The zero-order valence-electron chi connectivity index (χ0n) is 14.0. The Morgan fingerprint density at radius 3 is 2.65 bits per heavy atom. The molecule has 2 heterocycles. The summed E-state index contributed by atoms with van der Waals surface area (Å²) in [6, 6.07) is 23.3. The largest absolute Gasteiger partial charge is 0.348 e. The quantitative estimate of drug-likeness (QED) is 0.532. The van der Waals surface area contributed by atoms with Crippen LogP contribution in [-0.2, 0) is 0 Å². The first-order valence-electron chi connectivity index (χ1n) is 8.69. The molecule has 5 rings (SSSR count). The first-order chi connectivity index (χ1) is 12.8. The molecule has 0 amide bonds. The Bertz CT molecular complexity index is 1070. The third-order valence-corrected chi connectivity index (χ3v) is 5.34. The lowest BCUT2D eigenvalue weighted by Gasteiger charge is -2.32. The highest BCUT2D eigenvalue weighted by Gasteiger charge is 2.30. The van der Waals surface area contributed by atoms with Gasteiger partial charge in [0.1, 0.15) is 6.33 Å². The highest BCUT2D eigenvalue weighted by molar-refractivity contribution is 6.30. The third kappa shape index (κ3) is 2.54. The van der Waals surface area contributed by atoms with E-state index in [-0.39, 0.29) is 12.1 Å². The summed E-state index contributed by atoms with van der Waals surface area (Å²) in [4.78, 5) is 4.42. The minimum atomic E-state index is 0.125. The van der Waals surface area contributed by atoms with Crippen LogP contribution >= 0.6 is 11.6 Å². The minimum Gasteiger partial charge on any atom is -0.348 e. The molecule has 1 N–H and O–H groups in total. The number of hydrogen-bond donors (Lipinski definition) is 1. The second-order valence-corrected chi connectivity index (χ2v) is 7.03. The number of nitrogens with one attached hydrogen (secondary N) is 1. The number of benzene rings is 3. The summed E-state index contributed by atoms with van der Waals surface area (Å²) in [6.45, 7) is 0. The van der Waals surface area contributed by atoms with E-state index in [0.29, 0.717) is 0 Å². The maximum atomic E-state index is 6.06. The van der Waals surface area contributed by atoms with Crippen molar-refractivity contribution in [1.29, 1.82) is 0 Å². The van der Waals surface area contributed by atoms with Gasteiger partial charge >= 0.3 is 0 Å². The predicted molar refractivity (Wildman–Crippen MR) is 105 cm³/mol. The van der Waals surface area contributed by atoms with Crippen LogP contribution in [0, 0.1) is 0 Å². The van der Waals surface area contributed by atoms with Gasteiger partial charge < -0.3 is 5.32 Å². The van der Waals surface area contributed by atoms with Crippen LogP contribution in [0.5, 0.6) is 0 Å². The van der Waals surface area contributed by atoms with E-state index in [1.807, 2.05) is 16.8 Å². The molecule has 5 heteroatoms. The second kappa shape index (κ2) is 6.15. The number of hydrogen-bond acceptors (Lipinski definition) is 3. The summed E-state index contributed by atoms with van der Waals surface area (Å²) >= 11 is 6.06. The number of nitrogens with zero attached hydrogens (tertiary/aromatic N) is 3. The van der Waals surface area contributed by atoms with Gasteiger partial charge in [-0.05, 0) is 40.5 Å². The molecule has 4 nitrogen and oxygen atoms in total. The molecule has 0 fully saturated rings. The molecule has 0 unspecified atom stereocenters. The fourth-order valence-corrected chi connectivity index (χ4v) is 3.96. The number of fused-ring (bicyclic) bond motifs is 2. The second-order valence-electron chi connectivity index (χ2n) is 6.60. The number of halogens is 1. The topological polar surface area (TPSA) is 42.7 Å². The Morgan fingerprint density at radius 1 is 0.962 bits per heavy atom. The first-order valence-corrected chi connectivity index (χ1v) is 9.06. The molecule has 0 radical (unpaired) electrons. The molecule has 1 aliphatic heterocycles. The van der Waals surface area contributed by atoms with Gasteiger partial charge in [-0.1, -0.05) is 66.2 Å². The average Bonchev–Trinajstić information content (AvgIpc) is 3.16. The lowest BCUT2D eigenvalue weighted by atomic mass is 9.90. The van der Waals surface area contributed by atoms with Gasteiger partial charge in [-0.15, -0.1) is 0 Å². The summed E-state index contributed by atoms with van der Waals surface area (Å²) in [5.74, 6) is 0.800. The normalized spacial score (nSPS) is 19.1. The molecule has 3 aromatic carbocycles. The van der Waals surface area contributed by atoms with Gasteiger partial charge in [0.15, 0.2) is 0 Å². The first kappa shape index (κ1) is 15.4. The van der Waals surface area contributed by atoms with E-state index in [9.17, 15) is 0 Å². The zero-order valence-corrected chi connectivity index (χ0v) is 14.8. The van der Waals surface area contributed by atoms with Crippen molar-refractivity contribution in [3.63, 3.8) is 0 Å². The Labute approximate surface area is 156 Å². The van der Waals surface area contributed by atoms with Gasteiger partial charge in [-0.3, -0.25) is 0 Å². The van der Waals surface area contributed by atoms with Crippen LogP contribution in [-0.4, -0.2) is 14.8 Å². The highest BCUT2D eigenvalue weighted by Crippen LogP contribution is 2.39. The van der Waals surface area contributed by atoms with E-state index in [4.69, 9.17) is 11.6 Å². The van der Waals surface area contributed by atoms with Crippen molar-refractivity contribution in [3.8, 4) is 0 Å². The van der Waals surface area contributed by atoms with Crippen molar-refractivity contribution in [1.82, 2.24) is 14.8 Å². The van der Waals surface area contributed by atoms with E-state index in [0.717, 1.165) is 17.4 Å². The number of rotatable bonds is 2. The molecule has 1 aromatic heterocycles. The Kier molecular flexibility index (Phi) is 3.64. The Hall–Kier alpha value is -2.85. The van der Waals surface area contributed by atoms with E-state index >= 15 is 0 Å². The number of anilines is 1. The van der Waals surface area contributed by atoms with Crippen LogP contribution in [0.15, 0.2) is 73.1 Å². The van der Waals surface area contributed by atoms with E-state index in [2.05, 4.69) is 70.0 Å². The molecule has 0 saturated carbocycles. The lowest BCUT2D eigenvalue weighted by molar-refractivity contribution is 0.433. The molecular weight excluding hydrogens is 344 g/mol. The van der Waals surface area contributed by atoms with Crippen molar-refractivity contribution in [2.24, 2.45) is 0 Å². The Morgan fingerprint density at radius 2 is 1.77 bits per heavy atom. The Balaban J connectivity index is 1.62. The van der Waals surface area contributed by atoms with Crippen molar-refractivity contribution in [2.45, 2.75) is 18.5 Å². The average molecular weight is 361 g/mol. The predicted octanol–water partition coefficient (Wildman–Crippen LogP) is 5.23. The maximum Gasteiger partial charge on any atom is 0.222 e. The highest BCUT2D eigenvalue weighted by atomic mass is 35.5. The van der Waals surface area contributed by atoms with Gasteiger partial charge in [0.05, 0.1) is 12.1 Å². The van der Waals surface area contributed by atoms with Gasteiger partial charge in [0.2, 0.25) is 5.95 Å². The van der Waals surface area contributed by atoms with Crippen LogP contribution in [0.25, 0.3) is 10.8 Å². The molecule has 0 saturated heterocycles. The molecule has 0 aliphatic carbocycles. The summed E-state index contributed by atoms with van der Waals surface area (Å²) in [6.07, 6.45) is 2.51. The van der Waals surface area contributed by atoms with Crippen LogP contribution in [0.3, 0.4) is 0 Å². The molecule has 0 bridgehead atoms. The van der Waals surface area contributed by atoms with Gasteiger partial charge in [0, 0.05) is 5.02 Å². The molecule has 0 spiro atoms. The summed E-state index contributed by atoms with van der Waals surface area (Å²) in [7, 11) is 0. The smallest absolute Gasteiger partial charge is 0.222 e. The van der Waals surface area contributed by atoms with Crippen molar-refractivity contribution in [3.05, 3.63) is 89.2 Å². The maximum absolute atomic E-state index is 6.06. The fraction of sp³-hybridized carbons (Fsp3) is 0.143. The van der Waals surface area contributed by atoms with Crippen molar-refractivity contribution in [2.75, 3.05) is 5.32 Å². The SMILES string of the molecule is Clc1ccc([C@@H]2C[C@H](c3cccc4ccccc34)n3ncnc3N2)cc1. The van der Waals surface area contributed by atoms with E-state index < -0.39 is 0 Å². The summed E-state index contributed by atoms with van der Waals surface area (Å²) < 4.78 is 1.99. The van der Waals surface area contributed by atoms with E-state index in [1.54, 1.807) is 6.33 Å². The fourth-order valence-electron chi connectivity index (χ4n) is 3.83. The van der Waals surface area contributed by atoms with Gasteiger partial charge in [-0.25, -0.2) is 4.68 Å². The molecule has 128 valence electrons. The number of aromatic nitrogens is 3. The van der Waals surface area contributed by atoms with Crippen molar-refractivity contribution < 1.29 is 0 Å². The zero-order chi connectivity index (χ0) is 17.5. The third-order valence-electron chi connectivity index (χ3n) is 5.09. The van der Waals surface area contributed by atoms with Crippen LogP contribution in [0.4, 0.5) is 5.95 Å². The summed E-state index contributed by atoms with van der Waals surface area (Å²) in [5, 5.41) is 11.2. The molecule has 4 aromatic rings. The molecule has 1 aliphatic rings. The monoisotopic (exact) mass is 360 g/mol. The van der Waals surface area contributed by atoms with Crippen LogP contribution in [0.1, 0.15) is 29.6 Å². The minimum absolute atomic E-state index is 0.125. The van der Waals surface area contributed by atoms with Crippen LogP contribution in [0.2, 0.25) is 5.02 Å². The molecular formula is C21H17ClN4. The van der Waals surface area contributed by atoms with Gasteiger partial charge in [-0.2, -0.15) is 10.1 Å².